The fourth-order valence-electron chi connectivity index (χ4n) is 1.48. The summed E-state index contributed by atoms with van der Waals surface area (Å²) in [6.07, 6.45) is 0. The standard InChI is InChI=1S/C9H10BrNO/c10-7-2-1-6-4-12-5-9(11)8(6)3-7/h1-3,9H,4-5,11H2/p+1/t9-/m1/s1. The Bertz CT molecular complexity index is 301. The highest BCUT2D eigenvalue weighted by molar-refractivity contribution is 9.10. The maximum Gasteiger partial charge on any atom is 0.134 e. The molecule has 3 heteroatoms. The molecule has 0 radical (unpaired) electrons. The first-order chi connectivity index (χ1) is 5.77. The maximum atomic E-state index is 5.37. The van der Waals surface area contributed by atoms with E-state index in [0.29, 0.717) is 0 Å². The molecular formula is C9H11BrNO+. The van der Waals surface area contributed by atoms with Gasteiger partial charge in [-0.25, -0.2) is 0 Å². The number of benzene rings is 1. The van der Waals surface area contributed by atoms with Gasteiger partial charge in [-0.05, 0) is 17.7 Å². The third kappa shape index (κ3) is 1.40. The zero-order chi connectivity index (χ0) is 8.55. The molecule has 0 spiro atoms. The minimum atomic E-state index is 0.284. The van der Waals surface area contributed by atoms with E-state index in [1.54, 1.807) is 0 Å². The van der Waals surface area contributed by atoms with E-state index >= 15 is 0 Å². The van der Waals surface area contributed by atoms with Gasteiger partial charge < -0.3 is 10.5 Å². The van der Waals surface area contributed by atoms with Crippen LogP contribution in [0.2, 0.25) is 0 Å². The van der Waals surface area contributed by atoms with Crippen LogP contribution in [0.5, 0.6) is 0 Å². The third-order valence-corrected chi connectivity index (χ3v) is 2.62. The van der Waals surface area contributed by atoms with Crippen LogP contribution in [-0.4, -0.2) is 6.61 Å². The quantitative estimate of drug-likeness (QED) is 0.714. The van der Waals surface area contributed by atoms with Crippen LogP contribution in [0.1, 0.15) is 17.2 Å². The first-order valence-electron chi connectivity index (χ1n) is 3.96. The Hall–Kier alpha value is -0.380. The summed E-state index contributed by atoms with van der Waals surface area (Å²) >= 11 is 3.45. The molecule has 2 nitrogen and oxygen atoms in total. The van der Waals surface area contributed by atoms with Crippen molar-refractivity contribution in [2.75, 3.05) is 6.61 Å². The van der Waals surface area contributed by atoms with Gasteiger partial charge in [0.15, 0.2) is 0 Å². The van der Waals surface area contributed by atoms with E-state index in [4.69, 9.17) is 4.74 Å². The predicted octanol–water partition coefficient (Wildman–Crippen LogP) is 1.26. The van der Waals surface area contributed by atoms with Crippen LogP contribution in [0.15, 0.2) is 22.7 Å². The largest absolute Gasteiger partial charge is 0.370 e. The topological polar surface area (TPSA) is 36.9 Å². The SMILES string of the molecule is [NH3+][C@@H]1COCc2ccc(Br)cc21. The van der Waals surface area contributed by atoms with E-state index in [2.05, 4.69) is 33.8 Å². The summed E-state index contributed by atoms with van der Waals surface area (Å²) in [6, 6.07) is 6.55. The van der Waals surface area contributed by atoms with Crippen molar-refractivity contribution in [2.24, 2.45) is 0 Å². The summed E-state index contributed by atoms with van der Waals surface area (Å²) in [5.41, 5.74) is 6.62. The third-order valence-electron chi connectivity index (χ3n) is 2.12. The molecule has 0 fully saturated rings. The van der Waals surface area contributed by atoms with Gasteiger partial charge in [-0.15, -0.1) is 0 Å². The van der Waals surface area contributed by atoms with E-state index < -0.39 is 0 Å². The lowest BCUT2D eigenvalue weighted by Gasteiger charge is -2.19. The van der Waals surface area contributed by atoms with Crippen molar-refractivity contribution < 1.29 is 10.5 Å². The van der Waals surface area contributed by atoms with Crippen LogP contribution >= 0.6 is 15.9 Å². The first-order valence-corrected chi connectivity index (χ1v) is 4.76. The smallest absolute Gasteiger partial charge is 0.134 e. The molecule has 1 aromatic rings. The van der Waals surface area contributed by atoms with Gasteiger partial charge in [0, 0.05) is 10.0 Å². The average Bonchev–Trinajstić information content (AvgIpc) is 2.07. The molecule has 0 amide bonds. The Morgan fingerprint density at radius 2 is 2.33 bits per heavy atom. The van der Waals surface area contributed by atoms with Crippen LogP contribution in [-0.2, 0) is 11.3 Å². The van der Waals surface area contributed by atoms with E-state index in [1.165, 1.54) is 11.1 Å². The Labute approximate surface area is 79.8 Å². The molecule has 0 aliphatic carbocycles. The van der Waals surface area contributed by atoms with Crippen molar-refractivity contribution in [3.63, 3.8) is 0 Å². The second kappa shape index (κ2) is 3.17. The fraction of sp³-hybridized carbons (Fsp3) is 0.333. The van der Waals surface area contributed by atoms with E-state index in [-0.39, 0.29) is 6.04 Å². The molecular weight excluding hydrogens is 218 g/mol. The van der Waals surface area contributed by atoms with Crippen LogP contribution < -0.4 is 5.73 Å². The monoisotopic (exact) mass is 228 g/mol. The molecule has 0 saturated carbocycles. The van der Waals surface area contributed by atoms with Gasteiger partial charge >= 0.3 is 0 Å². The summed E-state index contributed by atoms with van der Waals surface area (Å²) in [5.74, 6) is 0. The molecule has 3 N–H and O–H groups in total. The number of quaternary nitrogens is 1. The Morgan fingerprint density at radius 3 is 3.17 bits per heavy atom. The van der Waals surface area contributed by atoms with E-state index in [9.17, 15) is 0 Å². The highest BCUT2D eigenvalue weighted by atomic mass is 79.9. The zero-order valence-electron chi connectivity index (χ0n) is 6.72. The number of halogens is 1. The van der Waals surface area contributed by atoms with E-state index in [0.717, 1.165) is 17.7 Å². The Balaban J connectivity index is 2.47. The molecule has 64 valence electrons. The first kappa shape index (κ1) is 8.23. The highest BCUT2D eigenvalue weighted by Gasteiger charge is 2.19. The van der Waals surface area contributed by atoms with Gasteiger partial charge in [-0.3, -0.25) is 0 Å². The second-order valence-corrected chi connectivity index (χ2v) is 3.97. The molecule has 1 atom stereocenters. The summed E-state index contributed by atoms with van der Waals surface area (Å²) in [5, 5.41) is 0. The second-order valence-electron chi connectivity index (χ2n) is 3.06. The molecule has 0 aromatic heterocycles. The molecule has 1 aliphatic heterocycles. The molecule has 0 bridgehead atoms. The Kier molecular flexibility index (Phi) is 2.17. The highest BCUT2D eigenvalue weighted by Crippen LogP contribution is 2.24. The summed E-state index contributed by atoms with van der Waals surface area (Å²) in [7, 11) is 0. The normalized spacial score (nSPS) is 22.0. The van der Waals surface area contributed by atoms with Crippen molar-refractivity contribution in [2.45, 2.75) is 12.6 Å². The van der Waals surface area contributed by atoms with Crippen molar-refractivity contribution in [1.82, 2.24) is 0 Å². The fourth-order valence-corrected chi connectivity index (χ4v) is 1.86. The van der Waals surface area contributed by atoms with Crippen LogP contribution in [0.3, 0.4) is 0 Å². The number of ether oxygens (including phenoxy) is 1. The molecule has 1 aliphatic rings. The molecule has 12 heavy (non-hydrogen) atoms. The Morgan fingerprint density at radius 1 is 1.50 bits per heavy atom. The summed E-state index contributed by atoms with van der Waals surface area (Å²) in [6.45, 7) is 1.47. The van der Waals surface area contributed by atoms with Gasteiger partial charge in [0.05, 0.1) is 6.61 Å². The lowest BCUT2D eigenvalue weighted by molar-refractivity contribution is -0.437. The molecule has 0 saturated heterocycles. The van der Waals surface area contributed by atoms with Crippen molar-refractivity contribution in [1.29, 1.82) is 0 Å². The number of hydrogen-bond acceptors (Lipinski definition) is 1. The van der Waals surface area contributed by atoms with E-state index in [1.807, 2.05) is 6.07 Å². The lowest BCUT2D eigenvalue weighted by atomic mass is 10.0. The molecule has 0 unspecified atom stereocenters. The van der Waals surface area contributed by atoms with Gasteiger partial charge in [0.1, 0.15) is 12.6 Å². The van der Waals surface area contributed by atoms with Gasteiger partial charge in [0.2, 0.25) is 0 Å². The van der Waals surface area contributed by atoms with Gasteiger partial charge in [-0.1, -0.05) is 22.0 Å². The van der Waals surface area contributed by atoms with Crippen LogP contribution in [0, 0.1) is 0 Å². The minimum absolute atomic E-state index is 0.284. The minimum Gasteiger partial charge on any atom is -0.370 e. The molecule has 1 heterocycles. The zero-order valence-corrected chi connectivity index (χ0v) is 8.30. The summed E-state index contributed by atoms with van der Waals surface area (Å²) in [4.78, 5) is 0. The average molecular weight is 229 g/mol. The predicted molar refractivity (Wildman–Crippen MR) is 49.4 cm³/mol. The van der Waals surface area contributed by atoms with Gasteiger partial charge in [0.25, 0.3) is 0 Å². The number of hydrogen-bond donors (Lipinski definition) is 1. The summed E-state index contributed by atoms with van der Waals surface area (Å²) < 4.78 is 6.49. The van der Waals surface area contributed by atoms with Crippen molar-refractivity contribution in [3.8, 4) is 0 Å². The van der Waals surface area contributed by atoms with Gasteiger partial charge in [-0.2, -0.15) is 0 Å². The molecule has 2 rings (SSSR count). The van der Waals surface area contributed by atoms with Crippen molar-refractivity contribution in [3.05, 3.63) is 33.8 Å². The maximum absolute atomic E-state index is 5.37. The molecule has 1 aromatic carbocycles. The van der Waals surface area contributed by atoms with Crippen LogP contribution in [0.4, 0.5) is 0 Å². The van der Waals surface area contributed by atoms with Crippen molar-refractivity contribution >= 4 is 15.9 Å². The number of rotatable bonds is 0. The van der Waals surface area contributed by atoms with Crippen LogP contribution in [0.25, 0.3) is 0 Å². The lowest BCUT2D eigenvalue weighted by Crippen LogP contribution is -2.56. The number of fused-ring (bicyclic) bond motifs is 1.